The molecule has 96 valence electrons. The number of nitrogens with one attached hydrogen (secondary N) is 1. The fourth-order valence-electron chi connectivity index (χ4n) is 1.53. The van der Waals surface area contributed by atoms with Crippen molar-refractivity contribution in [2.75, 3.05) is 19.7 Å². The van der Waals surface area contributed by atoms with Gasteiger partial charge in [0.25, 0.3) is 6.43 Å². The third kappa shape index (κ3) is 4.66. The molecule has 3 nitrogen and oxygen atoms in total. The van der Waals surface area contributed by atoms with E-state index in [2.05, 4.69) is 5.32 Å². The van der Waals surface area contributed by atoms with Crippen molar-refractivity contribution >= 4 is 0 Å². The summed E-state index contributed by atoms with van der Waals surface area (Å²) in [5.74, 6) is 0.765. The lowest BCUT2D eigenvalue weighted by Gasteiger charge is -2.17. The Bertz CT molecular complexity index is 317. The Balaban J connectivity index is 2.61. The molecule has 0 fully saturated rings. The van der Waals surface area contributed by atoms with Gasteiger partial charge in [-0.05, 0) is 24.6 Å². The first kappa shape index (κ1) is 13.9. The molecule has 0 saturated heterocycles. The monoisotopic (exact) mass is 244 g/mol. The van der Waals surface area contributed by atoms with Crippen LogP contribution in [0.4, 0.5) is 8.78 Å². The summed E-state index contributed by atoms with van der Waals surface area (Å²) in [7, 11) is 0. The van der Waals surface area contributed by atoms with E-state index in [0.29, 0.717) is 6.61 Å². The Kier molecular flexibility index (Phi) is 5.86. The van der Waals surface area contributed by atoms with Gasteiger partial charge >= 0.3 is 0 Å². The highest BCUT2D eigenvalue weighted by Crippen LogP contribution is 2.17. The Morgan fingerprint density at radius 2 is 1.94 bits per heavy atom. The van der Waals surface area contributed by atoms with Gasteiger partial charge in [0, 0.05) is 12.6 Å². The first-order valence-corrected chi connectivity index (χ1v) is 5.61. The minimum Gasteiger partial charge on any atom is -0.494 e. The van der Waals surface area contributed by atoms with Crippen LogP contribution >= 0.6 is 0 Å². The molecule has 1 atom stereocenters. The first-order valence-electron chi connectivity index (χ1n) is 5.61. The molecule has 1 unspecified atom stereocenters. The molecular weight excluding hydrogens is 226 g/mol. The lowest BCUT2D eigenvalue weighted by molar-refractivity contribution is 0.141. The van der Waals surface area contributed by atoms with Crippen LogP contribution < -0.4 is 15.8 Å². The molecule has 0 bridgehead atoms. The number of rotatable bonds is 7. The zero-order chi connectivity index (χ0) is 12.7. The maximum absolute atomic E-state index is 12.1. The van der Waals surface area contributed by atoms with Crippen LogP contribution in [0.5, 0.6) is 5.75 Å². The summed E-state index contributed by atoms with van der Waals surface area (Å²) in [5.41, 5.74) is 6.43. The van der Waals surface area contributed by atoms with Gasteiger partial charge in [-0.15, -0.1) is 0 Å². The Labute approximate surface area is 100.0 Å². The van der Waals surface area contributed by atoms with Gasteiger partial charge in [0.05, 0.1) is 13.2 Å². The largest absolute Gasteiger partial charge is 0.494 e. The van der Waals surface area contributed by atoms with Crippen LogP contribution in [0.15, 0.2) is 24.3 Å². The summed E-state index contributed by atoms with van der Waals surface area (Å²) in [4.78, 5) is 0. The van der Waals surface area contributed by atoms with Gasteiger partial charge < -0.3 is 15.8 Å². The van der Waals surface area contributed by atoms with Crippen molar-refractivity contribution in [2.24, 2.45) is 5.73 Å². The van der Waals surface area contributed by atoms with Gasteiger partial charge in [0.1, 0.15) is 5.75 Å². The second-order valence-electron chi connectivity index (χ2n) is 3.59. The van der Waals surface area contributed by atoms with Gasteiger partial charge in [0.2, 0.25) is 0 Å². The number of ether oxygens (including phenoxy) is 1. The number of halogens is 2. The minimum absolute atomic E-state index is 0.250. The van der Waals surface area contributed by atoms with E-state index in [1.807, 2.05) is 31.2 Å². The van der Waals surface area contributed by atoms with Gasteiger partial charge in [-0.2, -0.15) is 0 Å². The Morgan fingerprint density at radius 1 is 1.29 bits per heavy atom. The smallest absolute Gasteiger partial charge is 0.250 e. The summed E-state index contributed by atoms with van der Waals surface area (Å²) in [6.45, 7) is 2.43. The first-order chi connectivity index (χ1) is 8.17. The Hall–Kier alpha value is -1.20. The van der Waals surface area contributed by atoms with E-state index < -0.39 is 6.43 Å². The molecule has 1 aromatic rings. The van der Waals surface area contributed by atoms with E-state index >= 15 is 0 Å². The molecule has 0 saturated carbocycles. The van der Waals surface area contributed by atoms with Crippen LogP contribution in [0.2, 0.25) is 0 Å². The number of alkyl halides is 2. The molecule has 0 heterocycles. The Morgan fingerprint density at radius 3 is 2.41 bits per heavy atom. The van der Waals surface area contributed by atoms with Crippen molar-refractivity contribution in [1.29, 1.82) is 0 Å². The van der Waals surface area contributed by atoms with Crippen LogP contribution in [0, 0.1) is 0 Å². The third-order valence-corrected chi connectivity index (χ3v) is 2.35. The molecule has 0 aliphatic carbocycles. The van der Waals surface area contributed by atoms with E-state index in [-0.39, 0.29) is 19.1 Å². The molecule has 0 aliphatic rings. The minimum atomic E-state index is -2.37. The summed E-state index contributed by atoms with van der Waals surface area (Å²) >= 11 is 0. The fraction of sp³-hybridized carbons (Fsp3) is 0.500. The lowest BCUT2D eigenvalue weighted by atomic mass is 10.1. The van der Waals surface area contributed by atoms with Gasteiger partial charge in [-0.25, -0.2) is 8.78 Å². The second-order valence-corrected chi connectivity index (χ2v) is 3.59. The van der Waals surface area contributed by atoms with E-state index in [4.69, 9.17) is 10.5 Å². The molecule has 0 aliphatic heterocycles. The van der Waals surface area contributed by atoms with E-state index in [9.17, 15) is 8.78 Å². The summed E-state index contributed by atoms with van der Waals surface area (Å²) in [5, 5.41) is 2.72. The molecule has 0 aromatic heterocycles. The third-order valence-electron chi connectivity index (χ3n) is 2.35. The van der Waals surface area contributed by atoms with Crippen molar-refractivity contribution in [1.82, 2.24) is 5.32 Å². The summed E-state index contributed by atoms with van der Waals surface area (Å²) < 4.78 is 29.5. The number of benzene rings is 1. The number of hydrogen-bond acceptors (Lipinski definition) is 3. The molecular formula is C12H18F2N2O. The lowest BCUT2D eigenvalue weighted by Crippen LogP contribution is -2.31. The predicted octanol–water partition coefficient (Wildman–Crippen LogP) is 1.94. The van der Waals surface area contributed by atoms with E-state index in [1.54, 1.807) is 0 Å². The van der Waals surface area contributed by atoms with Gasteiger partial charge in [-0.3, -0.25) is 0 Å². The highest BCUT2D eigenvalue weighted by Gasteiger charge is 2.11. The second kappa shape index (κ2) is 7.19. The average Bonchev–Trinajstić information content (AvgIpc) is 2.32. The zero-order valence-corrected chi connectivity index (χ0v) is 9.83. The normalized spacial score (nSPS) is 12.8. The van der Waals surface area contributed by atoms with Crippen LogP contribution in [-0.2, 0) is 0 Å². The van der Waals surface area contributed by atoms with Crippen LogP contribution in [0.25, 0.3) is 0 Å². The molecule has 0 amide bonds. The molecule has 0 radical (unpaired) electrons. The van der Waals surface area contributed by atoms with Crippen molar-refractivity contribution in [3.8, 4) is 5.75 Å². The molecule has 1 aromatic carbocycles. The van der Waals surface area contributed by atoms with E-state index in [1.165, 1.54) is 0 Å². The average molecular weight is 244 g/mol. The van der Waals surface area contributed by atoms with Crippen molar-refractivity contribution in [2.45, 2.75) is 19.4 Å². The highest BCUT2D eigenvalue weighted by atomic mass is 19.3. The maximum Gasteiger partial charge on any atom is 0.250 e. The fourth-order valence-corrected chi connectivity index (χ4v) is 1.53. The summed E-state index contributed by atoms with van der Waals surface area (Å²) in [6.07, 6.45) is -2.37. The van der Waals surface area contributed by atoms with Crippen LogP contribution in [-0.4, -0.2) is 26.1 Å². The van der Waals surface area contributed by atoms with Crippen molar-refractivity contribution in [3.05, 3.63) is 29.8 Å². The van der Waals surface area contributed by atoms with Crippen molar-refractivity contribution < 1.29 is 13.5 Å². The van der Waals surface area contributed by atoms with Gasteiger partial charge in [-0.1, -0.05) is 12.1 Å². The highest BCUT2D eigenvalue weighted by molar-refractivity contribution is 5.29. The van der Waals surface area contributed by atoms with E-state index in [0.717, 1.165) is 11.3 Å². The van der Waals surface area contributed by atoms with Crippen LogP contribution in [0.1, 0.15) is 18.5 Å². The number of hydrogen-bond donors (Lipinski definition) is 2. The maximum atomic E-state index is 12.1. The quantitative estimate of drug-likeness (QED) is 0.770. The molecule has 5 heteroatoms. The van der Waals surface area contributed by atoms with Crippen LogP contribution in [0.3, 0.4) is 0 Å². The molecule has 3 N–H and O–H groups in total. The molecule has 17 heavy (non-hydrogen) atoms. The zero-order valence-electron chi connectivity index (χ0n) is 9.83. The molecule has 0 spiro atoms. The summed E-state index contributed by atoms with van der Waals surface area (Å²) in [6, 6.07) is 7.04. The predicted molar refractivity (Wildman–Crippen MR) is 63.4 cm³/mol. The van der Waals surface area contributed by atoms with Gasteiger partial charge in [0.15, 0.2) is 0 Å². The molecule has 1 rings (SSSR count). The number of nitrogens with two attached hydrogens (primary N) is 1. The SMILES string of the molecule is CCOc1ccc(C(CN)NCC(F)F)cc1. The standard InChI is InChI=1S/C12H18F2N2O/c1-2-17-10-5-3-9(4-6-10)11(7-15)16-8-12(13)14/h3-6,11-12,16H,2,7-8,15H2,1H3. The topological polar surface area (TPSA) is 47.3 Å². The van der Waals surface area contributed by atoms with Crippen molar-refractivity contribution in [3.63, 3.8) is 0 Å².